The maximum absolute atomic E-state index is 12.2. The first-order chi connectivity index (χ1) is 11.4. The number of carbonyl (C=O) groups is 1. The maximum atomic E-state index is 12.2. The average molecular weight is 366 g/mol. The summed E-state index contributed by atoms with van der Waals surface area (Å²) in [6.07, 6.45) is 0.650. The molecule has 4 nitrogen and oxygen atoms in total. The summed E-state index contributed by atoms with van der Waals surface area (Å²) in [5, 5.41) is 3.12. The number of nitrogens with one attached hydrogen (secondary N) is 1. The first-order valence-corrected chi connectivity index (χ1v) is 9.70. The molecule has 0 aliphatic carbocycles. The van der Waals surface area contributed by atoms with Crippen LogP contribution in [-0.2, 0) is 21.1 Å². The van der Waals surface area contributed by atoms with Gasteiger partial charge >= 0.3 is 0 Å². The monoisotopic (exact) mass is 365 g/mol. The number of hydrogen-bond donors (Lipinski definition) is 1. The second kappa shape index (κ2) is 8.31. The Bertz CT molecular complexity index is 819. The topological polar surface area (TPSA) is 63.2 Å². The Morgan fingerprint density at radius 2 is 1.88 bits per heavy atom. The van der Waals surface area contributed by atoms with E-state index in [1.54, 1.807) is 12.1 Å². The Labute approximate surface area is 147 Å². The molecule has 0 aromatic heterocycles. The number of aryl methyl sites for hydroxylation is 1. The molecule has 1 amide bonds. The van der Waals surface area contributed by atoms with Gasteiger partial charge in [-0.15, -0.1) is 0 Å². The van der Waals surface area contributed by atoms with Crippen LogP contribution in [0.5, 0.6) is 0 Å². The van der Waals surface area contributed by atoms with Crippen molar-refractivity contribution in [1.29, 1.82) is 0 Å². The van der Waals surface area contributed by atoms with Crippen LogP contribution in [0.4, 0.5) is 0 Å². The molecule has 2 aromatic carbocycles. The van der Waals surface area contributed by atoms with E-state index in [0.717, 1.165) is 5.56 Å². The van der Waals surface area contributed by atoms with Gasteiger partial charge in [0.2, 0.25) is 5.91 Å². The zero-order valence-corrected chi connectivity index (χ0v) is 15.0. The smallest absolute Gasteiger partial charge is 0.221 e. The number of sulfone groups is 1. The van der Waals surface area contributed by atoms with Gasteiger partial charge in [-0.2, -0.15) is 0 Å². The van der Waals surface area contributed by atoms with Crippen molar-refractivity contribution in [2.45, 2.75) is 24.7 Å². The summed E-state index contributed by atoms with van der Waals surface area (Å²) in [7, 11) is -3.51. The molecule has 0 unspecified atom stereocenters. The van der Waals surface area contributed by atoms with Crippen molar-refractivity contribution in [3.05, 3.63) is 64.7 Å². The molecule has 0 radical (unpaired) electrons. The molecule has 0 aliphatic heterocycles. The molecule has 128 valence electrons. The lowest BCUT2D eigenvalue weighted by molar-refractivity contribution is -0.120. The SMILES string of the molecule is Cc1cccc(CCNC(=O)CCS(=O)(=O)c2cccc(Cl)c2)c1. The molecule has 1 N–H and O–H groups in total. The molecule has 0 bridgehead atoms. The Kier molecular flexibility index (Phi) is 6.40. The van der Waals surface area contributed by atoms with Crippen LogP contribution in [0.15, 0.2) is 53.4 Å². The van der Waals surface area contributed by atoms with Crippen molar-refractivity contribution in [1.82, 2.24) is 5.32 Å². The third-order valence-corrected chi connectivity index (χ3v) is 5.52. The molecule has 2 rings (SSSR count). The van der Waals surface area contributed by atoms with Crippen LogP contribution >= 0.6 is 11.6 Å². The highest BCUT2D eigenvalue weighted by Crippen LogP contribution is 2.17. The first-order valence-electron chi connectivity index (χ1n) is 7.67. The van der Waals surface area contributed by atoms with Crippen molar-refractivity contribution in [2.24, 2.45) is 0 Å². The molecule has 0 heterocycles. The molecule has 0 spiro atoms. The highest BCUT2D eigenvalue weighted by atomic mass is 35.5. The van der Waals surface area contributed by atoms with Crippen molar-refractivity contribution < 1.29 is 13.2 Å². The van der Waals surface area contributed by atoms with Crippen molar-refractivity contribution in [2.75, 3.05) is 12.3 Å². The van der Waals surface area contributed by atoms with E-state index in [1.165, 1.54) is 17.7 Å². The van der Waals surface area contributed by atoms with E-state index >= 15 is 0 Å². The summed E-state index contributed by atoms with van der Waals surface area (Å²) in [6, 6.07) is 14.1. The fourth-order valence-corrected chi connectivity index (χ4v) is 3.84. The van der Waals surface area contributed by atoms with E-state index < -0.39 is 9.84 Å². The normalized spacial score (nSPS) is 11.2. The Morgan fingerprint density at radius 1 is 1.12 bits per heavy atom. The summed E-state index contributed by atoms with van der Waals surface area (Å²) >= 11 is 5.81. The fourth-order valence-electron chi connectivity index (χ4n) is 2.31. The largest absolute Gasteiger partial charge is 0.356 e. The van der Waals surface area contributed by atoms with Gasteiger partial charge in [0.25, 0.3) is 0 Å². The lowest BCUT2D eigenvalue weighted by Gasteiger charge is -2.07. The lowest BCUT2D eigenvalue weighted by atomic mass is 10.1. The van der Waals surface area contributed by atoms with Gasteiger partial charge in [-0.25, -0.2) is 8.42 Å². The predicted octanol–water partition coefficient (Wildman–Crippen LogP) is 3.17. The summed E-state index contributed by atoms with van der Waals surface area (Å²) < 4.78 is 24.4. The minimum absolute atomic E-state index is 0.0668. The van der Waals surface area contributed by atoms with E-state index in [9.17, 15) is 13.2 Å². The Morgan fingerprint density at radius 3 is 2.58 bits per heavy atom. The van der Waals surface area contributed by atoms with Crippen LogP contribution in [0.2, 0.25) is 5.02 Å². The van der Waals surface area contributed by atoms with Crippen molar-refractivity contribution in [3.8, 4) is 0 Å². The molecule has 0 aliphatic rings. The molecule has 0 saturated carbocycles. The number of benzene rings is 2. The summed E-state index contributed by atoms with van der Waals surface area (Å²) in [4.78, 5) is 12.0. The highest BCUT2D eigenvalue weighted by molar-refractivity contribution is 7.91. The van der Waals surface area contributed by atoms with Crippen LogP contribution in [-0.4, -0.2) is 26.6 Å². The number of rotatable bonds is 7. The highest BCUT2D eigenvalue weighted by Gasteiger charge is 2.16. The average Bonchev–Trinajstić information content (AvgIpc) is 2.53. The Hall–Kier alpha value is -1.85. The summed E-state index contributed by atoms with van der Waals surface area (Å²) in [5.74, 6) is -0.503. The third-order valence-electron chi connectivity index (χ3n) is 3.57. The minimum Gasteiger partial charge on any atom is -0.356 e. The number of halogens is 1. The zero-order valence-electron chi connectivity index (χ0n) is 13.5. The molecule has 2 aromatic rings. The van der Waals surface area contributed by atoms with Crippen LogP contribution < -0.4 is 5.32 Å². The van der Waals surface area contributed by atoms with Gasteiger partial charge in [-0.3, -0.25) is 4.79 Å². The molecular weight excluding hydrogens is 346 g/mol. The number of amides is 1. The van der Waals surface area contributed by atoms with Gasteiger partial charge in [0, 0.05) is 18.0 Å². The predicted molar refractivity (Wildman–Crippen MR) is 96.0 cm³/mol. The van der Waals surface area contributed by atoms with Gasteiger partial charge in [-0.05, 0) is 37.1 Å². The van der Waals surface area contributed by atoms with E-state index in [2.05, 4.69) is 11.4 Å². The molecule has 24 heavy (non-hydrogen) atoms. The second-order valence-electron chi connectivity index (χ2n) is 5.62. The van der Waals surface area contributed by atoms with Gasteiger partial charge < -0.3 is 5.32 Å². The quantitative estimate of drug-likeness (QED) is 0.819. The molecule has 0 saturated heterocycles. The molecule has 6 heteroatoms. The maximum Gasteiger partial charge on any atom is 0.221 e. The van der Waals surface area contributed by atoms with Gasteiger partial charge in [0.1, 0.15) is 0 Å². The minimum atomic E-state index is -3.51. The number of hydrogen-bond acceptors (Lipinski definition) is 3. The van der Waals surface area contributed by atoms with Gasteiger partial charge in [0.05, 0.1) is 10.6 Å². The van der Waals surface area contributed by atoms with Crippen LogP contribution in [0.25, 0.3) is 0 Å². The van der Waals surface area contributed by atoms with Gasteiger partial charge in [-0.1, -0.05) is 47.5 Å². The second-order valence-corrected chi connectivity index (χ2v) is 8.16. The van der Waals surface area contributed by atoms with Crippen LogP contribution in [0.3, 0.4) is 0 Å². The van der Waals surface area contributed by atoms with Crippen LogP contribution in [0, 0.1) is 6.92 Å². The van der Waals surface area contributed by atoms with Crippen LogP contribution in [0.1, 0.15) is 17.5 Å². The molecule has 0 fully saturated rings. The van der Waals surface area contributed by atoms with E-state index in [0.29, 0.717) is 18.0 Å². The van der Waals surface area contributed by atoms with E-state index in [1.807, 2.05) is 25.1 Å². The molecule has 0 atom stereocenters. The van der Waals surface area contributed by atoms with Gasteiger partial charge in [0.15, 0.2) is 9.84 Å². The van der Waals surface area contributed by atoms with E-state index in [4.69, 9.17) is 11.6 Å². The van der Waals surface area contributed by atoms with Crippen molar-refractivity contribution >= 4 is 27.3 Å². The summed E-state index contributed by atoms with van der Waals surface area (Å²) in [6.45, 7) is 2.50. The standard InChI is InChI=1S/C18H20ClNO3S/c1-14-4-2-5-15(12-14)8-10-20-18(21)9-11-24(22,23)17-7-3-6-16(19)13-17/h2-7,12-13H,8-11H2,1H3,(H,20,21). The van der Waals surface area contributed by atoms with Crippen molar-refractivity contribution in [3.63, 3.8) is 0 Å². The Balaban J connectivity index is 1.80. The van der Waals surface area contributed by atoms with E-state index in [-0.39, 0.29) is 23.0 Å². The first kappa shape index (κ1) is 18.5. The fraction of sp³-hybridized carbons (Fsp3) is 0.278. The molecular formula is C18H20ClNO3S. The zero-order chi connectivity index (χ0) is 17.6. The third kappa shape index (κ3) is 5.65. The summed E-state index contributed by atoms with van der Waals surface area (Å²) in [5.41, 5.74) is 2.31. The lowest BCUT2D eigenvalue weighted by Crippen LogP contribution is -2.27. The number of carbonyl (C=O) groups excluding carboxylic acids is 1.